The quantitative estimate of drug-likeness (QED) is 0.557. The van der Waals surface area contributed by atoms with Crippen molar-refractivity contribution in [2.45, 2.75) is 46.5 Å². The molecule has 4 atom stereocenters. The van der Waals surface area contributed by atoms with E-state index in [1.54, 1.807) is 0 Å². The van der Waals surface area contributed by atoms with Gasteiger partial charge >= 0.3 is 5.97 Å². The van der Waals surface area contributed by atoms with Crippen molar-refractivity contribution in [1.29, 1.82) is 0 Å². The number of hydrogen-bond acceptors (Lipinski definition) is 4. The molecule has 2 rings (SSSR count). The van der Waals surface area contributed by atoms with Crippen molar-refractivity contribution in [2.75, 3.05) is 0 Å². The molecular weight excluding hydrogens is 232 g/mol. The van der Waals surface area contributed by atoms with E-state index in [1.165, 1.54) is 6.92 Å². The molecule has 2 saturated heterocycles. The number of carbonyl (C=O) groups is 2. The van der Waals surface area contributed by atoms with Crippen LogP contribution >= 0.6 is 0 Å². The molecule has 0 spiro atoms. The molecule has 4 nitrogen and oxygen atoms in total. The molecule has 0 amide bonds. The molecule has 2 heterocycles. The van der Waals surface area contributed by atoms with Gasteiger partial charge in [0.1, 0.15) is 6.10 Å². The lowest BCUT2D eigenvalue weighted by Crippen LogP contribution is -2.32. The van der Waals surface area contributed by atoms with Crippen molar-refractivity contribution < 1.29 is 19.1 Å². The van der Waals surface area contributed by atoms with Gasteiger partial charge in [-0.1, -0.05) is 32.9 Å². The number of ether oxygens (including phenoxy) is 2. The van der Waals surface area contributed by atoms with Gasteiger partial charge in [-0.3, -0.25) is 9.59 Å². The van der Waals surface area contributed by atoms with E-state index in [0.717, 1.165) is 5.57 Å². The molecule has 0 bridgehead atoms. The number of ketones is 1. The van der Waals surface area contributed by atoms with E-state index in [4.69, 9.17) is 9.47 Å². The van der Waals surface area contributed by atoms with Crippen LogP contribution in [-0.4, -0.2) is 24.1 Å². The molecule has 0 aromatic heterocycles. The van der Waals surface area contributed by atoms with Crippen LogP contribution in [0, 0.1) is 17.3 Å². The van der Waals surface area contributed by atoms with Crippen LogP contribution in [0.3, 0.4) is 0 Å². The van der Waals surface area contributed by atoms with Crippen molar-refractivity contribution in [3.63, 3.8) is 0 Å². The lowest BCUT2D eigenvalue weighted by atomic mass is 9.72. The maximum absolute atomic E-state index is 11.7. The fourth-order valence-corrected chi connectivity index (χ4v) is 2.72. The average Bonchev–Trinajstić information content (AvgIpc) is 2.70. The molecule has 100 valence electrons. The third-order valence-corrected chi connectivity index (χ3v) is 3.83. The zero-order valence-electron chi connectivity index (χ0n) is 11.4. The Morgan fingerprint density at radius 2 is 2.00 bits per heavy atom. The zero-order valence-corrected chi connectivity index (χ0v) is 11.4. The van der Waals surface area contributed by atoms with Crippen LogP contribution < -0.4 is 0 Å². The van der Waals surface area contributed by atoms with E-state index >= 15 is 0 Å². The molecule has 4 heteroatoms. The maximum atomic E-state index is 11.7. The predicted molar refractivity (Wildman–Crippen MR) is 65.6 cm³/mol. The molecule has 0 N–H and O–H groups in total. The van der Waals surface area contributed by atoms with Gasteiger partial charge in [0, 0.05) is 11.8 Å². The van der Waals surface area contributed by atoms with Gasteiger partial charge in [0.15, 0.2) is 5.78 Å². The van der Waals surface area contributed by atoms with Gasteiger partial charge in [-0.2, -0.15) is 0 Å². The van der Waals surface area contributed by atoms with E-state index in [0.29, 0.717) is 6.42 Å². The summed E-state index contributed by atoms with van der Waals surface area (Å²) >= 11 is 0. The first-order valence-electron chi connectivity index (χ1n) is 6.26. The largest absolute Gasteiger partial charge is 0.435 e. The number of carbonyl (C=O) groups excluding carboxylic acids is 2. The molecule has 0 aromatic carbocycles. The third kappa shape index (κ3) is 2.09. The summed E-state index contributed by atoms with van der Waals surface area (Å²) < 4.78 is 10.7. The molecule has 2 aliphatic heterocycles. The molecule has 0 radical (unpaired) electrons. The van der Waals surface area contributed by atoms with E-state index < -0.39 is 12.4 Å². The highest BCUT2D eigenvalue weighted by atomic mass is 16.7. The van der Waals surface area contributed by atoms with Gasteiger partial charge in [0.05, 0.1) is 6.42 Å². The Morgan fingerprint density at radius 1 is 1.39 bits per heavy atom. The number of Topliss-reactive ketones (excluding diaryl/α,β-unsaturated/α-hetero) is 1. The molecule has 18 heavy (non-hydrogen) atoms. The topological polar surface area (TPSA) is 52.6 Å². The first-order chi connectivity index (χ1) is 8.21. The molecule has 2 aliphatic rings. The molecule has 0 unspecified atom stereocenters. The number of hydrogen-bond donors (Lipinski definition) is 0. The lowest BCUT2D eigenvalue weighted by molar-refractivity contribution is -0.167. The minimum atomic E-state index is -0.574. The van der Waals surface area contributed by atoms with Crippen LogP contribution in [0.2, 0.25) is 0 Å². The van der Waals surface area contributed by atoms with Crippen LogP contribution in [0.1, 0.15) is 34.1 Å². The Labute approximate surface area is 107 Å². The Balaban J connectivity index is 2.30. The zero-order chi connectivity index (χ0) is 13.7. The highest BCUT2D eigenvalue weighted by Crippen LogP contribution is 2.47. The normalized spacial score (nSPS) is 35.2. The van der Waals surface area contributed by atoms with Crippen molar-refractivity contribution in [1.82, 2.24) is 0 Å². The van der Waals surface area contributed by atoms with Crippen LogP contribution in [0.4, 0.5) is 0 Å². The Morgan fingerprint density at radius 3 is 2.50 bits per heavy atom. The fourth-order valence-electron chi connectivity index (χ4n) is 2.72. The minimum absolute atomic E-state index is 0.0316. The second-order valence-corrected chi connectivity index (χ2v) is 6.19. The summed E-state index contributed by atoms with van der Waals surface area (Å²) in [5.74, 6) is -0.480. The molecule has 0 aromatic rings. The van der Waals surface area contributed by atoms with Crippen molar-refractivity contribution in [3.8, 4) is 0 Å². The monoisotopic (exact) mass is 252 g/mol. The van der Waals surface area contributed by atoms with Crippen LogP contribution in [0.5, 0.6) is 0 Å². The van der Waals surface area contributed by atoms with Gasteiger partial charge in [-0.05, 0) is 12.3 Å². The molecular formula is C14H20O4. The van der Waals surface area contributed by atoms with Crippen molar-refractivity contribution in [3.05, 3.63) is 12.2 Å². The summed E-state index contributed by atoms with van der Waals surface area (Å²) in [4.78, 5) is 23.0. The van der Waals surface area contributed by atoms with Crippen LogP contribution in [0.25, 0.3) is 0 Å². The second-order valence-electron chi connectivity index (χ2n) is 6.19. The van der Waals surface area contributed by atoms with Gasteiger partial charge in [0.2, 0.25) is 6.29 Å². The minimum Gasteiger partial charge on any atom is -0.435 e. The summed E-state index contributed by atoms with van der Waals surface area (Å²) in [6.07, 6.45) is -0.788. The first-order valence-corrected chi connectivity index (χ1v) is 6.26. The average molecular weight is 252 g/mol. The van der Waals surface area contributed by atoms with Crippen molar-refractivity contribution >= 4 is 11.8 Å². The fraction of sp³-hybridized carbons (Fsp3) is 0.714. The predicted octanol–water partition coefficient (Wildman–Crippen LogP) is 2.08. The Bertz CT molecular complexity index is 405. The summed E-state index contributed by atoms with van der Waals surface area (Å²) in [6, 6.07) is 0. The van der Waals surface area contributed by atoms with Gasteiger partial charge < -0.3 is 9.47 Å². The first kappa shape index (κ1) is 13.3. The van der Waals surface area contributed by atoms with Crippen LogP contribution in [0.15, 0.2) is 12.2 Å². The number of esters is 1. The van der Waals surface area contributed by atoms with E-state index in [1.807, 2.05) is 0 Å². The summed E-state index contributed by atoms with van der Waals surface area (Å²) in [7, 11) is 0. The molecule has 0 saturated carbocycles. The Kier molecular flexibility index (Phi) is 3.09. The maximum Gasteiger partial charge on any atom is 0.308 e. The SMILES string of the molecule is C=C([C@H]1[C@H]2CC(=O)O[C@H]2O[C@@H]1C(C)=O)C(C)(C)C. The van der Waals surface area contributed by atoms with Gasteiger partial charge in [-0.15, -0.1) is 0 Å². The standard InChI is InChI=1S/C14H20O4/c1-7(14(3,4)5)11-9-6-10(16)17-13(9)18-12(11)8(2)15/h9,11-13H,1,6H2,2-5H3/t9-,11+,12-,13+/m1/s1. The molecule has 2 fully saturated rings. The smallest absolute Gasteiger partial charge is 0.308 e. The van der Waals surface area contributed by atoms with Crippen LogP contribution in [-0.2, 0) is 19.1 Å². The van der Waals surface area contributed by atoms with Gasteiger partial charge in [-0.25, -0.2) is 0 Å². The highest BCUT2D eigenvalue weighted by molar-refractivity contribution is 5.82. The second kappa shape index (κ2) is 4.19. The number of fused-ring (bicyclic) bond motifs is 1. The van der Waals surface area contributed by atoms with Crippen molar-refractivity contribution in [2.24, 2.45) is 17.3 Å². The summed E-state index contributed by atoms with van der Waals surface area (Å²) in [6.45, 7) is 11.8. The van der Waals surface area contributed by atoms with E-state index in [-0.39, 0.29) is 29.0 Å². The highest BCUT2D eigenvalue weighted by Gasteiger charge is 2.54. The van der Waals surface area contributed by atoms with E-state index in [9.17, 15) is 9.59 Å². The van der Waals surface area contributed by atoms with Gasteiger partial charge in [0.25, 0.3) is 0 Å². The summed E-state index contributed by atoms with van der Waals surface area (Å²) in [5.41, 5.74) is 0.830. The lowest BCUT2D eigenvalue weighted by Gasteiger charge is -2.31. The molecule has 0 aliphatic carbocycles. The summed E-state index contributed by atoms with van der Waals surface area (Å²) in [5, 5.41) is 0. The van der Waals surface area contributed by atoms with E-state index in [2.05, 4.69) is 27.4 Å². The Hall–Kier alpha value is -1.16. The third-order valence-electron chi connectivity index (χ3n) is 3.83. The number of rotatable bonds is 2.